The molecule has 0 saturated heterocycles. The average Bonchev–Trinajstić information content (AvgIpc) is 2.39. The second-order valence-corrected chi connectivity index (χ2v) is 6.01. The Kier molecular flexibility index (Phi) is 4.55. The van der Waals surface area contributed by atoms with Crippen LogP contribution in [0.15, 0.2) is 48.8 Å². The van der Waals surface area contributed by atoms with Gasteiger partial charge in [-0.1, -0.05) is 12.1 Å². The van der Waals surface area contributed by atoms with Crippen molar-refractivity contribution in [3.63, 3.8) is 0 Å². The van der Waals surface area contributed by atoms with Crippen molar-refractivity contribution in [2.24, 2.45) is 0 Å². The molecule has 0 aliphatic heterocycles. The molecule has 0 unspecified atom stereocenters. The van der Waals surface area contributed by atoms with Gasteiger partial charge in [0.15, 0.2) is 0 Å². The zero-order chi connectivity index (χ0) is 16.2. The Bertz CT molecular complexity index is 716. The van der Waals surface area contributed by atoms with Gasteiger partial charge in [-0.2, -0.15) is 0 Å². The third-order valence-electron chi connectivity index (χ3n) is 2.47. The van der Waals surface area contributed by atoms with Crippen LogP contribution in [-0.2, 0) is 15.8 Å². The van der Waals surface area contributed by atoms with E-state index in [1.807, 2.05) is 0 Å². The van der Waals surface area contributed by atoms with Gasteiger partial charge < -0.3 is 4.74 Å². The summed E-state index contributed by atoms with van der Waals surface area (Å²) in [5.41, 5.74) is 0.683. The van der Waals surface area contributed by atoms with E-state index in [0.717, 1.165) is 12.1 Å². The summed E-state index contributed by atoms with van der Waals surface area (Å²) in [5.74, 6) is -0.780. The highest BCUT2D eigenvalue weighted by atomic mass is 32.2. The number of anilines is 1. The van der Waals surface area contributed by atoms with Crippen molar-refractivity contribution in [3.8, 4) is 5.75 Å². The summed E-state index contributed by atoms with van der Waals surface area (Å²) in [6.45, 7) is 0. The van der Waals surface area contributed by atoms with E-state index in [1.165, 1.54) is 36.7 Å². The summed E-state index contributed by atoms with van der Waals surface area (Å²) >= 11 is 0. The lowest BCUT2D eigenvalue weighted by Gasteiger charge is -2.10. The number of pyridine rings is 1. The maximum absolute atomic E-state index is 12.0. The second-order valence-electron chi connectivity index (χ2n) is 4.29. The molecule has 118 valence electrons. The highest BCUT2D eigenvalue weighted by molar-refractivity contribution is 7.91. The SMILES string of the molecule is O=S(=O)(Cc1ccc(OC(F)(F)F)cc1)Nc1ccncc1. The summed E-state index contributed by atoms with van der Waals surface area (Å²) in [6, 6.07) is 7.60. The molecule has 1 N–H and O–H groups in total. The lowest BCUT2D eigenvalue weighted by molar-refractivity contribution is -0.274. The molecule has 0 radical (unpaired) electrons. The molecule has 2 aromatic rings. The van der Waals surface area contributed by atoms with Gasteiger partial charge in [-0.3, -0.25) is 9.71 Å². The standard InChI is InChI=1S/C13H11F3N2O3S/c14-13(15,16)21-12-3-1-10(2-4-12)9-22(19,20)18-11-5-7-17-8-6-11/h1-8H,9H2,(H,17,18). The van der Waals surface area contributed by atoms with E-state index >= 15 is 0 Å². The van der Waals surface area contributed by atoms with Gasteiger partial charge in [0.25, 0.3) is 0 Å². The fourth-order valence-electron chi connectivity index (χ4n) is 1.64. The van der Waals surface area contributed by atoms with E-state index in [0.29, 0.717) is 11.3 Å². The van der Waals surface area contributed by atoms with E-state index in [2.05, 4.69) is 14.4 Å². The number of hydrogen-bond donors (Lipinski definition) is 1. The van der Waals surface area contributed by atoms with Crippen molar-refractivity contribution in [2.45, 2.75) is 12.1 Å². The first-order valence-corrected chi connectivity index (χ1v) is 7.64. The summed E-state index contributed by atoms with van der Waals surface area (Å²) in [5, 5.41) is 0. The van der Waals surface area contributed by atoms with Crippen LogP contribution in [0.3, 0.4) is 0 Å². The number of sulfonamides is 1. The van der Waals surface area contributed by atoms with Crippen LogP contribution in [0.4, 0.5) is 18.9 Å². The van der Waals surface area contributed by atoms with Crippen molar-refractivity contribution in [1.82, 2.24) is 4.98 Å². The van der Waals surface area contributed by atoms with E-state index in [-0.39, 0.29) is 5.75 Å². The summed E-state index contributed by atoms with van der Waals surface area (Å²) < 4.78 is 66.0. The zero-order valence-corrected chi connectivity index (χ0v) is 11.9. The van der Waals surface area contributed by atoms with Crippen LogP contribution in [-0.4, -0.2) is 19.8 Å². The first kappa shape index (κ1) is 16.1. The molecule has 0 amide bonds. The molecule has 1 heterocycles. The number of hydrogen-bond acceptors (Lipinski definition) is 4. The summed E-state index contributed by atoms with van der Waals surface area (Å²) in [6.07, 6.45) is -1.92. The maximum Gasteiger partial charge on any atom is 0.573 e. The Hall–Kier alpha value is -2.29. The van der Waals surface area contributed by atoms with Crippen LogP contribution < -0.4 is 9.46 Å². The summed E-state index contributed by atoms with van der Waals surface area (Å²) in [4.78, 5) is 3.76. The number of benzene rings is 1. The molecule has 0 fully saturated rings. The Morgan fingerprint density at radius 3 is 2.18 bits per heavy atom. The number of nitrogens with zero attached hydrogens (tertiary/aromatic N) is 1. The van der Waals surface area contributed by atoms with Crippen LogP contribution >= 0.6 is 0 Å². The monoisotopic (exact) mass is 332 g/mol. The third kappa shape index (κ3) is 5.24. The lowest BCUT2D eigenvalue weighted by atomic mass is 10.2. The van der Waals surface area contributed by atoms with E-state index < -0.39 is 22.1 Å². The minimum absolute atomic E-state index is 0.330. The molecule has 0 aliphatic rings. The van der Waals surface area contributed by atoms with Gasteiger partial charge in [0.1, 0.15) is 5.75 Å². The minimum atomic E-state index is -4.78. The average molecular weight is 332 g/mol. The first-order chi connectivity index (χ1) is 10.2. The Morgan fingerprint density at radius 2 is 1.64 bits per heavy atom. The topological polar surface area (TPSA) is 68.3 Å². The molecular weight excluding hydrogens is 321 g/mol. The van der Waals surface area contributed by atoms with Gasteiger partial charge >= 0.3 is 6.36 Å². The second kappa shape index (κ2) is 6.22. The van der Waals surface area contributed by atoms with E-state index in [4.69, 9.17) is 0 Å². The van der Waals surface area contributed by atoms with Gasteiger partial charge in [0, 0.05) is 12.4 Å². The number of halogens is 3. The molecule has 0 aliphatic carbocycles. The predicted molar refractivity (Wildman–Crippen MR) is 73.6 cm³/mol. The van der Waals surface area contributed by atoms with Crippen molar-refractivity contribution < 1.29 is 26.3 Å². The molecule has 1 aromatic carbocycles. The molecular formula is C13H11F3N2O3S. The van der Waals surface area contributed by atoms with Gasteiger partial charge in [-0.15, -0.1) is 13.2 Å². The quantitative estimate of drug-likeness (QED) is 0.914. The normalized spacial score (nSPS) is 12.0. The highest BCUT2D eigenvalue weighted by Crippen LogP contribution is 2.23. The minimum Gasteiger partial charge on any atom is -0.406 e. The molecule has 1 aromatic heterocycles. The number of nitrogens with one attached hydrogen (secondary N) is 1. The molecule has 0 saturated carbocycles. The maximum atomic E-state index is 12.0. The van der Waals surface area contributed by atoms with Crippen LogP contribution in [0.25, 0.3) is 0 Å². The van der Waals surface area contributed by atoms with Crippen LogP contribution in [0.1, 0.15) is 5.56 Å². The molecule has 0 bridgehead atoms. The summed E-state index contributed by atoms with van der Waals surface area (Å²) in [7, 11) is -3.68. The zero-order valence-electron chi connectivity index (χ0n) is 11.0. The molecule has 9 heteroatoms. The number of rotatable bonds is 5. The molecule has 5 nitrogen and oxygen atoms in total. The molecule has 2 rings (SSSR count). The van der Waals surface area contributed by atoms with Crippen molar-refractivity contribution in [3.05, 3.63) is 54.4 Å². The highest BCUT2D eigenvalue weighted by Gasteiger charge is 2.31. The van der Waals surface area contributed by atoms with E-state index in [1.54, 1.807) is 0 Å². The van der Waals surface area contributed by atoms with Crippen molar-refractivity contribution >= 4 is 15.7 Å². The fraction of sp³-hybridized carbons (Fsp3) is 0.154. The van der Waals surface area contributed by atoms with Gasteiger partial charge in [0.2, 0.25) is 10.0 Å². The van der Waals surface area contributed by atoms with Gasteiger partial charge in [-0.25, -0.2) is 8.42 Å². The van der Waals surface area contributed by atoms with Gasteiger partial charge in [0.05, 0.1) is 11.4 Å². The fourth-order valence-corrected chi connectivity index (χ4v) is 2.84. The van der Waals surface area contributed by atoms with Crippen molar-refractivity contribution in [1.29, 1.82) is 0 Å². The number of ether oxygens (including phenoxy) is 1. The smallest absolute Gasteiger partial charge is 0.406 e. The third-order valence-corrected chi connectivity index (χ3v) is 3.73. The Labute approximate surface area is 124 Å². The molecule has 0 atom stereocenters. The predicted octanol–water partition coefficient (Wildman–Crippen LogP) is 2.92. The molecule has 22 heavy (non-hydrogen) atoms. The largest absolute Gasteiger partial charge is 0.573 e. The van der Waals surface area contributed by atoms with Gasteiger partial charge in [-0.05, 0) is 29.8 Å². The number of alkyl halides is 3. The lowest BCUT2D eigenvalue weighted by Crippen LogP contribution is -2.17. The Morgan fingerprint density at radius 1 is 1.05 bits per heavy atom. The van der Waals surface area contributed by atoms with Crippen LogP contribution in [0, 0.1) is 0 Å². The van der Waals surface area contributed by atoms with Crippen LogP contribution in [0.2, 0.25) is 0 Å². The Balaban J connectivity index is 2.04. The van der Waals surface area contributed by atoms with Crippen molar-refractivity contribution in [2.75, 3.05) is 4.72 Å². The van der Waals surface area contributed by atoms with E-state index in [9.17, 15) is 21.6 Å². The number of aromatic nitrogens is 1. The molecule has 0 spiro atoms. The first-order valence-electron chi connectivity index (χ1n) is 5.99. The van der Waals surface area contributed by atoms with Crippen LogP contribution in [0.5, 0.6) is 5.75 Å².